The summed E-state index contributed by atoms with van der Waals surface area (Å²) >= 11 is 0. The maximum absolute atomic E-state index is 5.41. The van der Waals surface area contributed by atoms with Gasteiger partial charge >= 0.3 is 0 Å². The van der Waals surface area contributed by atoms with Crippen molar-refractivity contribution in [2.45, 2.75) is 45.4 Å². The highest BCUT2D eigenvalue weighted by Gasteiger charge is 2.19. The van der Waals surface area contributed by atoms with Crippen LogP contribution in [0.2, 0.25) is 0 Å². The van der Waals surface area contributed by atoms with Crippen LogP contribution in [0, 0.1) is 0 Å². The van der Waals surface area contributed by atoms with Gasteiger partial charge in [0.15, 0.2) is 0 Å². The van der Waals surface area contributed by atoms with Crippen LogP contribution in [0.3, 0.4) is 0 Å². The molecule has 2 heterocycles. The zero-order valence-electron chi connectivity index (χ0n) is 12.2. The van der Waals surface area contributed by atoms with E-state index in [1.54, 1.807) is 7.11 Å². The molecule has 1 fully saturated rings. The topological polar surface area (TPSA) is 37.4 Å². The minimum Gasteiger partial charge on any atom is -0.381 e. The molecule has 1 aromatic heterocycles. The second-order valence-corrected chi connectivity index (χ2v) is 5.48. The summed E-state index contributed by atoms with van der Waals surface area (Å²) in [7, 11) is 1.80. The average Bonchev–Trinajstić information content (AvgIpc) is 2.45. The Kier molecular flexibility index (Phi) is 5.16. The molecule has 0 aromatic carbocycles. The van der Waals surface area contributed by atoms with Crippen LogP contribution in [-0.2, 0) is 11.3 Å². The summed E-state index contributed by atoms with van der Waals surface area (Å²) in [5.41, 5.74) is 1.30. The summed E-state index contributed by atoms with van der Waals surface area (Å²) in [6, 6.07) is 4.79. The number of anilines is 1. The first-order valence-electron chi connectivity index (χ1n) is 7.15. The lowest BCUT2D eigenvalue weighted by Crippen LogP contribution is -2.37. The normalized spacial score (nSPS) is 17.2. The van der Waals surface area contributed by atoms with Gasteiger partial charge in [-0.3, -0.25) is 0 Å². The molecule has 1 saturated heterocycles. The number of hydrogen-bond donors (Lipinski definition) is 1. The fourth-order valence-corrected chi connectivity index (χ4v) is 2.39. The van der Waals surface area contributed by atoms with E-state index in [-0.39, 0.29) is 0 Å². The minimum atomic E-state index is 0.419. The molecule has 0 amide bonds. The SMILES string of the molecule is COC1CCN(c2cc(CNC(C)C)ccn2)CC1. The van der Waals surface area contributed by atoms with E-state index >= 15 is 0 Å². The van der Waals surface area contributed by atoms with Crippen molar-refractivity contribution < 1.29 is 4.74 Å². The Balaban J connectivity index is 1.95. The highest BCUT2D eigenvalue weighted by Crippen LogP contribution is 2.20. The Morgan fingerprint density at radius 2 is 2.16 bits per heavy atom. The van der Waals surface area contributed by atoms with Crippen LogP contribution < -0.4 is 10.2 Å². The smallest absolute Gasteiger partial charge is 0.128 e. The molecule has 0 atom stereocenters. The van der Waals surface area contributed by atoms with Crippen molar-refractivity contribution in [3.05, 3.63) is 23.9 Å². The average molecular weight is 263 g/mol. The number of nitrogens with one attached hydrogen (secondary N) is 1. The van der Waals surface area contributed by atoms with Gasteiger partial charge in [0.05, 0.1) is 6.10 Å². The summed E-state index contributed by atoms with van der Waals surface area (Å²) in [5.74, 6) is 1.10. The van der Waals surface area contributed by atoms with Crippen LogP contribution in [0.5, 0.6) is 0 Å². The fraction of sp³-hybridized carbons (Fsp3) is 0.667. The molecular weight excluding hydrogens is 238 g/mol. The van der Waals surface area contributed by atoms with Crippen molar-refractivity contribution in [3.8, 4) is 0 Å². The molecule has 106 valence electrons. The maximum atomic E-state index is 5.41. The monoisotopic (exact) mass is 263 g/mol. The number of aromatic nitrogens is 1. The molecule has 0 spiro atoms. The van der Waals surface area contributed by atoms with Crippen molar-refractivity contribution in [2.24, 2.45) is 0 Å². The van der Waals surface area contributed by atoms with Gasteiger partial charge in [-0.1, -0.05) is 13.8 Å². The molecule has 2 rings (SSSR count). The minimum absolute atomic E-state index is 0.419. The van der Waals surface area contributed by atoms with Crippen molar-refractivity contribution >= 4 is 5.82 Å². The molecule has 0 radical (unpaired) electrons. The zero-order chi connectivity index (χ0) is 13.7. The first-order valence-corrected chi connectivity index (χ1v) is 7.15. The van der Waals surface area contributed by atoms with E-state index in [4.69, 9.17) is 4.74 Å². The van der Waals surface area contributed by atoms with Gasteiger partial charge in [0.2, 0.25) is 0 Å². The summed E-state index contributed by atoms with van der Waals surface area (Å²) in [6.07, 6.45) is 4.51. The molecular formula is C15H25N3O. The van der Waals surface area contributed by atoms with Gasteiger partial charge in [0, 0.05) is 39.0 Å². The van der Waals surface area contributed by atoms with Gasteiger partial charge in [-0.2, -0.15) is 0 Å². The van der Waals surface area contributed by atoms with Crippen LogP contribution in [0.15, 0.2) is 18.3 Å². The molecule has 1 N–H and O–H groups in total. The molecule has 1 aromatic rings. The third kappa shape index (κ3) is 4.18. The second kappa shape index (κ2) is 6.87. The Hall–Kier alpha value is -1.13. The number of piperidine rings is 1. The van der Waals surface area contributed by atoms with Crippen LogP contribution in [0.25, 0.3) is 0 Å². The van der Waals surface area contributed by atoms with Crippen molar-refractivity contribution in [2.75, 3.05) is 25.1 Å². The highest BCUT2D eigenvalue weighted by molar-refractivity contribution is 5.41. The molecule has 0 aliphatic carbocycles. The van der Waals surface area contributed by atoms with Gasteiger partial charge < -0.3 is 15.0 Å². The van der Waals surface area contributed by atoms with Crippen molar-refractivity contribution in [3.63, 3.8) is 0 Å². The molecule has 4 nitrogen and oxygen atoms in total. The lowest BCUT2D eigenvalue weighted by atomic mass is 10.1. The first-order chi connectivity index (χ1) is 9.19. The third-order valence-corrected chi connectivity index (χ3v) is 3.62. The highest BCUT2D eigenvalue weighted by atomic mass is 16.5. The van der Waals surface area contributed by atoms with E-state index in [1.165, 1.54) is 5.56 Å². The van der Waals surface area contributed by atoms with Crippen molar-refractivity contribution in [1.29, 1.82) is 0 Å². The van der Waals surface area contributed by atoms with E-state index in [2.05, 4.69) is 41.2 Å². The second-order valence-electron chi connectivity index (χ2n) is 5.48. The number of nitrogens with zero attached hydrogens (tertiary/aromatic N) is 2. The van der Waals surface area contributed by atoms with Gasteiger partial charge in [-0.25, -0.2) is 4.98 Å². The summed E-state index contributed by atoms with van der Waals surface area (Å²) in [5, 5.41) is 3.44. The quantitative estimate of drug-likeness (QED) is 0.883. The molecule has 1 aliphatic rings. The lowest BCUT2D eigenvalue weighted by molar-refractivity contribution is 0.0818. The van der Waals surface area contributed by atoms with E-state index in [1.807, 2.05) is 6.20 Å². The lowest BCUT2D eigenvalue weighted by Gasteiger charge is -2.32. The van der Waals surface area contributed by atoms with Crippen LogP contribution in [-0.4, -0.2) is 37.3 Å². The first kappa shape index (κ1) is 14.3. The molecule has 0 unspecified atom stereocenters. The van der Waals surface area contributed by atoms with E-state index < -0.39 is 0 Å². The van der Waals surface area contributed by atoms with Gasteiger partial charge in [0.25, 0.3) is 0 Å². The Labute approximate surface area is 116 Å². The number of hydrogen-bond acceptors (Lipinski definition) is 4. The van der Waals surface area contributed by atoms with Crippen molar-refractivity contribution in [1.82, 2.24) is 10.3 Å². The molecule has 4 heteroatoms. The van der Waals surface area contributed by atoms with Gasteiger partial charge in [0.1, 0.15) is 5.82 Å². The predicted octanol–water partition coefficient (Wildman–Crippen LogP) is 2.19. The fourth-order valence-electron chi connectivity index (χ4n) is 2.39. The summed E-state index contributed by atoms with van der Waals surface area (Å²) in [4.78, 5) is 6.85. The summed E-state index contributed by atoms with van der Waals surface area (Å²) < 4.78 is 5.41. The molecule has 0 saturated carbocycles. The molecule has 1 aliphatic heterocycles. The largest absolute Gasteiger partial charge is 0.381 e. The van der Waals surface area contributed by atoms with E-state index in [9.17, 15) is 0 Å². The molecule has 19 heavy (non-hydrogen) atoms. The number of ether oxygens (including phenoxy) is 1. The van der Waals surface area contributed by atoms with Gasteiger partial charge in [-0.15, -0.1) is 0 Å². The van der Waals surface area contributed by atoms with Gasteiger partial charge in [-0.05, 0) is 30.5 Å². The maximum Gasteiger partial charge on any atom is 0.128 e. The Morgan fingerprint density at radius 3 is 2.79 bits per heavy atom. The number of methoxy groups -OCH3 is 1. The Morgan fingerprint density at radius 1 is 1.42 bits per heavy atom. The number of pyridine rings is 1. The molecule has 0 bridgehead atoms. The van der Waals surface area contributed by atoms with Crippen LogP contribution in [0.1, 0.15) is 32.3 Å². The Bertz CT molecular complexity index is 387. The summed E-state index contributed by atoms with van der Waals surface area (Å²) in [6.45, 7) is 7.30. The number of rotatable bonds is 5. The standard InChI is InChI=1S/C15H25N3O/c1-12(2)17-11-13-4-7-16-15(10-13)18-8-5-14(19-3)6-9-18/h4,7,10,12,14,17H,5-6,8-9,11H2,1-3H3. The van der Waals surface area contributed by atoms with Crippen LogP contribution in [0.4, 0.5) is 5.82 Å². The predicted molar refractivity (Wildman–Crippen MR) is 78.5 cm³/mol. The van der Waals surface area contributed by atoms with E-state index in [0.29, 0.717) is 12.1 Å². The zero-order valence-corrected chi connectivity index (χ0v) is 12.2. The third-order valence-electron chi connectivity index (χ3n) is 3.62. The van der Waals surface area contributed by atoms with Crippen LogP contribution >= 0.6 is 0 Å². The van der Waals surface area contributed by atoms with E-state index in [0.717, 1.165) is 38.3 Å².